The van der Waals surface area contributed by atoms with Crippen LogP contribution in [0.5, 0.6) is 0 Å². The van der Waals surface area contributed by atoms with E-state index in [0.29, 0.717) is 6.61 Å². The minimum Gasteiger partial charge on any atom is -0.385 e. The number of anilines is 1. The number of imidazole rings is 1. The Kier molecular flexibility index (Phi) is 3.02. The summed E-state index contributed by atoms with van der Waals surface area (Å²) in [6, 6.07) is 6.51. The van der Waals surface area contributed by atoms with Gasteiger partial charge in [0.1, 0.15) is 0 Å². The van der Waals surface area contributed by atoms with Crippen molar-refractivity contribution in [2.45, 2.75) is 19.4 Å². The zero-order valence-corrected chi connectivity index (χ0v) is 10.5. The maximum atomic E-state index is 5.19. The molecule has 1 aliphatic heterocycles. The molecule has 0 bridgehead atoms. The van der Waals surface area contributed by atoms with E-state index in [9.17, 15) is 0 Å². The molecule has 94 valence electrons. The van der Waals surface area contributed by atoms with Gasteiger partial charge >= 0.3 is 0 Å². The third kappa shape index (κ3) is 1.99. The van der Waals surface area contributed by atoms with Gasteiger partial charge in [0.25, 0.3) is 0 Å². The maximum Gasteiger partial charge on any atom is 0.0995 e. The molecule has 1 aliphatic rings. The number of aryl methyl sites for hydroxylation is 1. The van der Waals surface area contributed by atoms with Crippen LogP contribution in [-0.2, 0) is 17.8 Å². The number of hydrogen-bond acceptors (Lipinski definition) is 3. The molecule has 0 saturated carbocycles. The van der Waals surface area contributed by atoms with Crippen LogP contribution in [0.2, 0.25) is 0 Å². The van der Waals surface area contributed by atoms with Crippen LogP contribution in [0.4, 0.5) is 5.69 Å². The summed E-state index contributed by atoms with van der Waals surface area (Å²) >= 11 is 0. The lowest BCUT2D eigenvalue weighted by atomic mass is 10.0. The molecule has 2 aromatic rings. The van der Waals surface area contributed by atoms with E-state index in [4.69, 9.17) is 4.74 Å². The molecule has 4 nitrogen and oxygen atoms in total. The van der Waals surface area contributed by atoms with E-state index in [1.165, 1.54) is 17.7 Å². The normalized spacial score (nSPS) is 14.1. The largest absolute Gasteiger partial charge is 0.385 e. The summed E-state index contributed by atoms with van der Waals surface area (Å²) in [6.07, 6.45) is 6.03. The van der Waals surface area contributed by atoms with Crippen molar-refractivity contribution in [2.75, 3.05) is 19.0 Å². The first-order valence-corrected chi connectivity index (χ1v) is 6.26. The molecule has 1 aromatic carbocycles. The topological polar surface area (TPSA) is 39.1 Å². The highest BCUT2D eigenvalue weighted by atomic mass is 16.5. The highest BCUT2D eigenvalue weighted by molar-refractivity contribution is 5.57. The molecule has 4 heteroatoms. The van der Waals surface area contributed by atoms with Crippen molar-refractivity contribution < 1.29 is 4.74 Å². The molecule has 0 radical (unpaired) electrons. The quantitative estimate of drug-likeness (QED) is 0.899. The van der Waals surface area contributed by atoms with Crippen molar-refractivity contribution in [3.8, 4) is 5.69 Å². The van der Waals surface area contributed by atoms with E-state index < -0.39 is 0 Å². The van der Waals surface area contributed by atoms with Crippen LogP contribution in [0.3, 0.4) is 0 Å². The predicted octanol–water partition coefficient (Wildman–Crippen LogP) is 2.38. The molecule has 1 N–H and O–H groups in total. The molecule has 0 unspecified atom stereocenters. The van der Waals surface area contributed by atoms with Gasteiger partial charge in [0.15, 0.2) is 0 Å². The number of methoxy groups -OCH3 is 1. The lowest BCUT2D eigenvalue weighted by Gasteiger charge is -2.19. The average Bonchev–Trinajstić information content (AvgIpc) is 2.87. The van der Waals surface area contributed by atoms with Crippen molar-refractivity contribution in [1.82, 2.24) is 9.55 Å². The van der Waals surface area contributed by atoms with E-state index in [2.05, 4.69) is 33.1 Å². The zero-order chi connectivity index (χ0) is 12.4. The lowest BCUT2D eigenvalue weighted by molar-refractivity contribution is 0.180. The molecule has 0 atom stereocenters. The third-order valence-corrected chi connectivity index (χ3v) is 3.31. The summed E-state index contributed by atoms with van der Waals surface area (Å²) in [5.41, 5.74) is 4.87. The molecule has 0 spiro atoms. The van der Waals surface area contributed by atoms with Gasteiger partial charge in [-0.15, -0.1) is 0 Å². The fourth-order valence-electron chi connectivity index (χ4n) is 2.42. The molecular weight excluding hydrogens is 226 g/mol. The first-order valence-electron chi connectivity index (χ1n) is 6.26. The molecule has 0 aliphatic carbocycles. The van der Waals surface area contributed by atoms with Crippen molar-refractivity contribution >= 4 is 5.69 Å². The lowest BCUT2D eigenvalue weighted by Crippen LogP contribution is -2.12. The van der Waals surface area contributed by atoms with E-state index >= 15 is 0 Å². The molecule has 0 saturated heterocycles. The number of ether oxygens (including phenoxy) is 1. The van der Waals surface area contributed by atoms with Crippen LogP contribution in [-0.4, -0.2) is 23.2 Å². The highest BCUT2D eigenvalue weighted by Crippen LogP contribution is 2.25. The van der Waals surface area contributed by atoms with E-state index in [0.717, 1.165) is 24.3 Å². The van der Waals surface area contributed by atoms with Gasteiger partial charge in [-0.1, -0.05) is 0 Å². The van der Waals surface area contributed by atoms with Crippen molar-refractivity contribution in [3.05, 3.63) is 42.0 Å². The summed E-state index contributed by atoms with van der Waals surface area (Å²) < 4.78 is 7.27. The van der Waals surface area contributed by atoms with Crippen molar-refractivity contribution in [3.63, 3.8) is 0 Å². The van der Waals surface area contributed by atoms with Crippen LogP contribution in [0.15, 0.2) is 30.7 Å². The molecule has 3 rings (SSSR count). The fraction of sp³-hybridized carbons (Fsp3) is 0.357. The smallest absolute Gasteiger partial charge is 0.0995 e. The monoisotopic (exact) mass is 243 g/mol. The Hall–Kier alpha value is -1.81. The molecule has 18 heavy (non-hydrogen) atoms. The fourth-order valence-corrected chi connectivity index (χ4v) is 2.42. The summed E-state index contributed by atoms with van der Waals surface area (Å²) in [4.78, 5) is 4.20. The molecule has 2 heterocycles. The number of nitrogens with zero attached hydrogens (tertiary/aromatic N) is 2. The Morgan fingerprint density at radius 3 is 3.28 bits per heavy atom. The second kappa shape index (κ2) is 4.82. The van der Waals surface area contributed by atoms with Gasteiger partial charge in [-0.3, -0.25) is 0 Å². The van der Waals surface area contributed by atoms with Gasteiger partial charge in [0.2, 0.25) is 0 Å². The van der Waals surface area contributed by atoms with E-state index in [1.54, 1.807) is 7.11 Å². The average molecular weight is 243 g/mol. The van der Waals surface area contributed by atoms with Crippen LogP contribution >= 0.6 is 0 Å². The van der Waals surface area contributed by atoms with Gasteiger partial charge in [-0.2, -0.15) is 0 Å². The Morgan fingerprint density at radius 2 is 2.39 bits per heavy atom. The maximum absolute atomic E-state index is 5.19. The molecular formula is C14H17N3O. The van der Waals surface area contributed by atoms with Gasteiger partial charge < -0.3 is 14.6 Å². The second-order valence-electron chi connectivity index (χ2n) is 4.56. The zero-order valence-electron chi connectivity index (χ0n) is 10.5. The first kappa shape index (κ1) is 11.3. The minimum atomic E-state index is 0.579. The number of hydrogen-bond donors (Lipinski definition) is 1. The summed E-state index contributed by atoms with van der Waals surface area (Å²) in [5.74, 6) is 0. The van der Waals surface area contributed by atoms with Gasteiger partial charge in [0.05, 0.1) is 24.8 Å². The first-order chi connectivity index (χ1) is 8.88. The van der Waals surface area contributed by atoms with Crippen molar-refractivity contribution in [1.29, 1.82) is 0 Å². The van der Waals surface area contributed by atoms with Crippen LogP contribution in [0.25, 0.3) is 5.69 Å². The number of benzene rings is 1. The molecule has 1 aromatic heterocycles. The van der Waals surface area contributed by atoms with Gasteiger partial charge in [-0.25, -0.2) is 4.98 Å². The Labute approximate surface area is 107 Å². The second-order valence-corrected chi connectivity index (χ2v) is 4.56. The summed E-state index contributed by atoms with van der Waals surface area (Å²) in [6.45, 7) is 1.65. The molecule has 0 fully saturated rings. The minimum absolute atomic E-state index is 0.579. The molecule has 0 amide bonds. The third-order valence-electron chi connectivity index (χ3n) is 3.31. The van der Waals surface area contributed by atoms with Gasteiger partial charge in [-0.05, 0) is 36.6 Å². The van der Waals surface area contributed by atoms with Gasteiger partial charge in [0, 0.05) is 25.0 Å². The predicted molar refractivity (Wildman–Crippen MR) is 71.1 cm³/mol. The summed E-state index contributed by atoms with van der Waals surface area (Å²) in [5, 5.41) is 3.43. The Morgan fingerprint density at radius 1 is 1.44 bits per heavy atom. The number of rotatable bonds is 3. The SMILES string of the molecule is COCc1cncn1-c1ccc2c(c1)CCCN2. The Bertz CT molecular complexity index is 548. The van der Waals surface area contributed by atoms with Crippen LogP contribution in [0, 0.1) is 0 Å². The summed E-state index contributed by atoms with van der Waals surface area (Å²) in [7, 11) is 1.70. The standard InChI is InChI=1S/C14H17N3O/c1-18-9-13-8-15-10-17(13)12-4-5-14-11(7-12)3-2-6-16-14/h4-5,7-8,10,16H,2-3,6,9H2,1H3. The van der Waals surface area contributed by atoms with Crippen LogP contribution < -0.4 is 5.32 Å². The van der Waals surface area contributed by atoms with E-state index in [1.807, 2.05) is 12.5 Å². The van der Waals surface area contributed by atoms with Crippen molar-refractivity contribution in [2.24, 2.45) is 0 Å². The number of aromatic nitrogens is 2. The highest BCUT2D eigenvalue weighted by Gasteiger charge is 2.10. The number of fused-ring (bicyclic) bond motifs is 1. The van der Waals surface area contributed by atoms with E-state index in [-0.39, 0.29) is 0 Å². The Balaban J connectivity index is 1.98. The number of nitrogens with one attached hydrogen (secondary N) is 1. The van der Waals surface area contributed by atoms with Crippen LogP contribution in [0.1, 0.15) is 17.7 Å².